The first-order chi connectivity index (χ1) is 15.3. The van der Waals surface area contributed by atoms with Crippen molar-refractivity contribution in [1.29, 1.82) is 0 Å². The van der Waals surface area contributed by atoms with E-state index in [1.165, 1.54) is 23.7 Å². The first-order valence-corrected chi connectivity index (χ1v) is 10.5. The Morgan fingerprint density at radius 3 is 2.34 bits per heavy atom. The van der Waals surface area contributed by atoms with Crippen LogP contribution in [0.2, 0.25) is 0 Å². The van der Waals surface area contributed by atoms with E-state index in [2.05, 4.69) is 14.8 Å². The molecule has 10 nitrogen and oxygen atoms in total. The number of anilines is 1. The summed E-state index contributed by atoms with van der Waals surface area (Å²) in [7, 11) is 2.95. The molecule has 1 aromatic carbocycles. The lowest BCUT2D eigenvalue weighted by molar-refractivity contribution is 0.0806. The molecule has 1 atom stereocenters. The molecule has 4 rings (SSSR count). The number of fused-ring (bicyclic) bond motifs is 1. The Hall–Kier alpha value is -3.02. The van der Waals surface area contributed by atoms with Crippen molar-refractivity contribution < 1.29 is 14.6 Å². The molecule has 1 aliphatic rings. The van der Waals surface area contributed by atoms with E-state index in [-0.39, 0.29) is 23.5 Å². The molecule has 0 unspecified atom stereocenters. The Balaban J connectivity index is 1.61. The van der Waals surface area contributed by atoms with E-state index >= 15 is 0 Å². The van der Waals surface area contributed by atoms with E-state index in [0.717, 1.165) is 36.4 Å². The van der Waals surface area contributed by atoms with Gasteiger partial charge in [0.2, 0.25) is 0 Å². The quantitative estimate of drug-likeness (QED) is 0.513. The van der Waals surface area contributed by atoms with Gasteiger partial charge in [-0.3, -0.25) is 18.8 Å². The van der Waals surface area contributed by atoms with E-state index in [9.17, 15) is 24.2 Å². The van der Waals surface area contributed by atoms with Crippen molar-refractivity contribution in [3.8, 4) is 0 Å². The summed E-state index contributed by atoms with van der Waals surface area (Å²) in [5, 5.41) is 19.4. The van der Waals surface area contributed by atoms with Gasteiger partial charge in [-0.15, -0.1) is 0 Å². The highest BCUT2D eigenvalue weighted by molar-refractivity contribution is 5.71. The molecule has 2 N–H and O–H groups in total. The summed E-state index contributed by atoms with van der Waals surface area (Å²) in [5.74, 6) is 0.276. The van der Waals surface area contributed by atoms with Crippen molar-refractivity contribution in [2.24, 2.45) is 14.1 Å². The van der Waals surface area contributed by atoms with Gasteiger partial charge in [-0.2, -0.15) is 0 Å². The highest BCUT2D eigenvalue weighted by Gasteiger charge is 2.24. The van der Waals surface area contributed by atoms with Crippen LogP contribution in [0, 0.1) is 5.82 Å². The number of aliphatic hydroxyl groups is 2. The number of aliphatic hydroxyl groups excluding tert-OH is 2. The average Bonchev–Trinajstić information content (AvgIpc) is 3.15. The molecule has 0 saturated carbocycles. The van der Waals surface area contributed by atoms with Crippen molar-refractivity contribution in [3.63, 3.8) is 0 Å². The first-order valence-electron chi connectivity index (χ1n) is 10.5. The number of imidazole rings is 1. The van der Waals surface area contributed by atoms with Gasteiger partial charge in [0.15, 0.2) is 11.2 Å². The van der Waals surface area contributed by atoms with Crippen LogP contribution in [0.25, 0.3) is 11.2 Å². The fourth-order valence-corrected chi connectivity index (χ4v) is 4.09. The fourth-order valence-electron chi connectivity index (χ4n) is 4.09. The maximum absolute atomic E-state index is 13.2. The van der Waals surface area contributed by atoms with Crippen LogP contribution in [0.15, 0.2) is 33.9 Å². The number of aromatic nitrogens is 4. The summed E-state index contributed by atoms with van der Waals surface area (Å²) in [6.45, 7) is 2.88. The largest absolute Gasteiger partial charge is 0.394 e. The SMILES string of the molecule is Cn1c(=O)c2c(nc(CN3CCN(c4ccc(F)cc4)CC3)n2C[C@H](O)CO)n(C)c1=O. The van der Waals surface area contributed by atoms with Gasteiger partial charge in [-0.1, -0.05) is 0 Å². The number of hydrogen-bond donors (Lipinski definition) is 2. The predicted octanol–water partition coefficient (Wildman–Crippen LogP) is -0.752. The Morgan fingerprint density at radius 1 is 1.06 bits per heavy atom. The summed E-state index contributed by atoms with van der Waals surface area (Å²) >= 11 is 0. The van der Waals surface area contributed by atoms with Crippen LogP contribution in [0.1, 0.15) is 5.82 Å². The fraction of sp³-hybridized carbons (Fsp3) is 0.476. The van der Waals surface area contributed by atoms with Crippen molar-refractivity contribution in [2.75, 3.05) is 37.7 Å². The van der Waals surface area contributed by atoms with Crippen LogP contribution in [0.3, 0.4) is 0 Å². The third kappa shape index (κ3) is 4.06. The molecule has 3 heterocycles. The highest BCUT2D eigenvalue weighted by Crippen LogP contribution is 2.19. The minimum absolute atomic E-state index is 0.00861. The zero-order chi connectivity index (χ0) is 23.0. The van der Waals surface area contributed by atoms with Crippen LogP contribution >= 0.6 is 0 Å². The van der Waals surface area contributed by atoms with Gasteiger partial charge in [-0.25, -0.2) is 14.2 Å². The minimum atomic E-state index is -1.07. The second-order valence-corrected chi connectivity index (χ2v) is 8.09. The maximum Gasteiger partial charge on any atom is 0.332 e. The normalized spacial score (nSPS) is 16.1. The van der Waals surface area contributed by atoms with Gasteiger partial charge < -0.3 is 19.7 Å². The van der Waals surface area contributed by atoms with Gasteiger partial charge in [0.05, 0.1) is 25.8 Å². The lowest BCUT2D eigenvalue weighted by Crippen LogP contribution is -2.46. The monoisotopic (exact) mass is 446 g/mol. The van der Waals surface area contributed by atoms with E-state index in [0.29, 0.717) is 12.4 Å². The van der Waals surface area contributed by atoms with E-state index in [1.54, 1.807) is 23.7 Å². The number of benzene rings is 1. The lowest BCUT2D eigenvalue weighted by Gasteiger charge is -2.36. The maximum atomic E-state index is 13.2. The first kappa shape index (κ1) is 22.2. The number of piperazine rings is 1. The van der Waals surface area contributed by atoms with Crippen LogP contribution in [-0.2, 0) is 27.2 Å². The molecular formula is C21H27FN6O4. The Bertz CT molecular complexity index is 1220. The van der Waals surface area contributed by atoms with Gasteiger partial charge in [-0.05, 0) is 24.3 Å². The van der Waals surface area contributed by atoms with Crippen molar-refractivity contribution in [3.05, 3.63) is 56.7 Å². The number of hydrogen-bond acceptors (Lipinski definition) is 7. The summed E-state index contributed by atoms with van der Waals surface area (Å²) < 4.78 is 17.1. The molecule has 32 heavy (non-hydrogen) atoms. The van der Waals surface area contributed by atoms with E-state index < -0.39 is 24.0 Å². The molecule has 0 aliphatic carbocycles. The van der Waals surface area contributed by atoms with Crippen LogP contribution in [0.5, 0.6) is 0 Å². The predicted molar refractivity (Wildman–Crippen MR) is 117 cm³/mol. The van der Waals surface area contributed by atoms with Gasteiger partial charge >= 0.3 is 5.69 Å². The molecule has 3 aromatic rings. The van der Waals surface area contributed by atoms with Crippen LogP contribution in [-0.4, -0.2) is 72.7 Å². The number of nitrogens with zero attached hydrogens (tertiary/aromatic N) is 6. The molecule has 1 aliphatic heterocycles. The van der Waals surface area contributed by atoms with Crippen molar-refractivity contribution >= 4 is 16.9 Å². The second-order valence-electron chi connectivity index (χ2n) is 8.09. The number of aryl methyl sites for hydroxylation is 1. The molecule has 0 bridgehead atoms. The standard InChI is InChI=1S/C21H27FN6O4/c1-24-19-18(20(31)25(2)21(24)32)28(11-16(30)13-29)17(23-19)12-26-7-9-27(10-8-26)15-5-3-14(22)4-6-15/h3-6,16,29-30H,7-13H2,1-2H3/t16-/m0/s1. The summed E-state index contributed by atoms with van der Waals surface area (Å²) in [5.41, 5.74) is 0.468. The smallest absolute Gasteiger partial charge is 0.332 e. The molecule has 0 amide bonds. The number of rotatable bonds is 6. The minimum Gasteiger partial charge on any atom is -0.394 e. The summed E-state index contributed by atoms with van der Waals surface area (Å²) in [6.07, 6.45) is -1.07. The van der Waals surface area contributed by atoms with Crippen LogP contribution in [0.4, 0.5) is 10.1 Å². The molecule has 0 spiro atoms. The Kier molecular flexibility index (Phi) is 6.13. The molecule has 2 aromatic heterocycles. The molecule has 0 radical (unpaired) electrons. The van der Waals surface area contributed by atoms with Crippen LogP contribution < -0.4 is 16.1 Å². The molecular weight excluding hydrogens is 419 g/mol. The average molecular weight is 446 g/mol. The van der Waals surface area contributed by atoms with Gasteiger partial charge in [0, 0.05) is 46.0 Å². The molecule has 1 saturated heterocycles. The third-order valence-corrected chi connectivity index (χ3v) is 5.96. The number of halogens is 1. The lowest BCUT2D eigenvalue weighted by atomic mass is 10.2. The third-order valence-electron chi connectivity index (χ3n) is 5.96. The molecule has 11 heteroatoms. The summed E-state index contributed by atoms with van der Waals surface area (Å²) in [4.78, 5) is 34.1. The van der Waals surface area contributed by atoms with Crippen molar-refractivity contribution in [1.82, 2.24) is 23.6 Å². The summed E-state index contributed by atoms with van der Waals surface area (Å²) in [6, 6.07) is 6.41. The molecule has 1 fully saturated rings. The topological polar surface area (TPSA) is 109 Å². The highest BCUT2D eigenvalue weighted by atomic mass is 19.1. The molecule has 172 valence electrons. The second kappa shape index (κ2) is 8.85. The zero-order valence-corrected chi connectivity index (χ0v) is 18.1. The zero-order valence-electron chi connectivity index (χ0n) is 18.1. The van der Waals surface area contributed by atoms with Crippen molar-refractivity contribution in [2.45, 2.75) is 19.2 Å². The Labute approximate surface area is 183 Å². The van der Waals surface area contributed by atoms with Gasteiger partial charge in [0.25, 0.3) is 5.56 Å². The van der Waals surface area contributed by atoms with E-state index in [4.69, 9.17) is 0 Å². The van der Waals surface area contributed by atoms with Gasteiger partial charge in [0.1, 0.15) is 11.6 Å². The Morgan fingerprint density at radius 2 is 1.72 bits per heavy atom. The van der Waals surface area contributed by atoms with E-state index in [1.807, 2.05) is 0 Å².